The van der Waals surface area contributed by atoms with E-state index in [9.17, 15) is 9.18 Å². The monoisotopic (exact) mass is 170 g/mol. The van der Waals surface area contributed by atoms with Gasteiger partial charge in [-0.25, -0.2) is 9.18 Å². The highest BCUT2D eigenvalue weighted by molar-refractivity contribution is 5.88. The Labute approximate surface area is 67.8 Å². The third-order valence-corrected chi connectivity index (χ3v) is 1.21. The molecule has 0 saturated carbocycles. The van der Waals surface area contributed by atoms with Gasteiger partial charge in [0, 0.05) is 6.07 Å². The Morgan fingerprint density at radius 2 is 2.25 bits per heavy atom. The average Bonchev–Trinajstić information content (AvgIpc) is 1.96. The lowest BCUT2D eigenvalue weighted by Gasteiger charge is -2.02. The minimum Gasteiger partial charge on any atom is -0.508 e. The van der Waals surface area contributed by atoms with Crippen molar-refractivity contribution >= 4 is 11.7 Å². The van der Waals surface area contributed by atoms with Gasteiger partial charge in [-0.3, -0.25) is 0 Å². The van der Waals surface area contributed by atoms with Gasteiger partial charge in [-0.15, -0.1) is 0 Å². The molecule has 0 heterocycles. The van der Waals surface area contributed by atoms with Gasteiger partial charge >= 0.3 is 6.03 Å². The first-order valence-corrected chi connectivity index (χ1v) is 3.14. The van der Waals surface area contributed by atoms with Crippen molar-refractivity contribution in [3.63, 3.8) is 0 Å². The lowest BCUT2D eigenvalue weighted by Crippen LogP contribution is -2.19. The van der Waals surface area contributed by atoms with Gasteiger partial charge in [0.05, 0.1) is 5.69 Å². The number of hydrogen-bond acceptors (Lipinski definition) is 2. The van der Waals surface area contributed by atoms with E-state index in [0.717, 1.165) is 12.1 Å². The summed E-state index contributed by atoms with van der Waals surface area (Å²) in [6.07, 6.45) is 0. The van der Waals surface area contributed by atoms with Crippen LogP contribution in [0.3, 0.4) is 0 Å². The number of carbonyl (C=O) groups excluding carboxylic acids is 1. The number of urea groups is 1. The maximum atomic E-state index is 12.7. The standard InChI is InChI=1S/C7H7FN2O2/c8-5-2-1-4(11)3-6(5)10-7(9)12/h1-3,11H,(H3,9,10,12). The highest BCUT2D eigenvalue weighted by Gasteiger charge is 2.03. The van der Waals surface area contributed by atoms with Gasteiger partial charge in [-0.05, 0) is 12.1 Å². The van der Waals surface area contributed by atoms with Crippen LogP contribution in [0.25, 0.3) is 0 Å². The molecule has 0 fully saturated rings. The first-order valence-electron chi connectivity index (χ1n) is 3.14. The molecule has 0 aliphatic carbocycles. The minimum atomic E-state index is -0.875. The van der Waals surface area contributed by atoms with E-state index >= 15 is 0 Å². The molecule has 4 nitrogen and oxygen atoms in total. The molecule has 12 heavy (non-hydrogen) atoms. The van der Waals surface area contributed by atoms with E-state index in [-0.39, 0.29) is 11.4 Å². The number of halogens is 1. The molecular formula is C7H7FN2O2. The molecule has 64 valence electrons. The molecule has 0 aliphatic heterocycles. The van der Waals surface area contributed by atoms with E-state index in [2.05, 4.69) is 0 Å². The molecule has 5 heteroatoms. The van der Waals surface area contributed by atoms with Crippen LogP contribution in [-0.2, 0) is 0 Å². The number of amides is 2. The summed E-state index contributed by atoms with van der Waals surface area (Å²) in [6, 6.07) is 2.39. The van der Waals surface area contributed by atoms with Crippen LogP contribution in [0.4, 0.5) is 14.9 Å². The molecule has 1 aromatic carbocycles. The van der Waals surface area contributed by atoms with Gasteiger partial charge in [0.2, 0.25) is 0 Å². The molecule has 1 aromatic rings. The predicted octanol–water partition coefficient (Wildman–Crippen LogP) is 1.02. The van der Waals surface area contributed by atoms with E-state index in [0.29, 0.717) is 0 Å². The number of benzene rings is 1. The molecule has 0 bridgehead atoms. The lowest BCUT2D eigenvalue weighted by molar-refractivity contribution is 0.259. The van der Waals surface area contributed by atoms with Crippen LogP contribution in [-0.4, -0.2) is 11.1 Å². The number of phenolic OH excluding ortho intramolecular Hbond substituents is 1. The van der Waals surface area contributed by atoms with Crippen LogP contribution in [0.15, 0.2) is 18.2 Å². The van der Waals surface area contributed by atoms with Gasteiger partial charge in [0.15, 0.2) is 0 Å². The topological polar surface area (TPSA) is 75.4 Å². The normalized spacial score (nSPS) is 9.42. The summed E-state index contributed by atoms with van der Waals surface area (Å²) < 4.78 is 12.7. The Kier molecular flexibility index (Phi) is 2.14. The second-order valence-electron chi connectivity index (χ2n) is 2.15. The summed E-state index contributed by atoms with van der Waals surface area (Å²) in [5.74, 6) is -0.785. The van der Waals surface area contributed by atoms with Crippen LogP contribution in [0.1, 0.15) is 0 Å². The number of carbonyl (C=O) groups is 1. The highest BCUT2D eigenvalue weighted by atomic mass is 19.1. The molecule has 0 aromatic heterocycles. The summed E-state index contributed by atoms with van der Waals surface area (Å²) in [6.45, 7) is 0. The van der Waals surface area contributed by atoms with Gasteiger partial charge in [-0.2, -0.15) is 0 Å². The van der Waals surface area contributed by atoms with Crippen LogP contribution < -0.4 is 11.1 Å². The number of phenols is 1. The predicted molar refractivity (Wildman–Crippen MR) is 41.3 cm³/mol. The van der Waals surface area contributed by atoms with Crippen LogP contribution in [0.2, 0.25) is 0 Å². The third kappa shape index (κ3) is 1.85. The number of aromatic hydroxyl groups is 1. The van der Waals surface area contributed by atoms with Crippen LogP contribution >= 0.6 is 0 Å². The number of primary amides is 1. The first-order chi connectivity index (χ1) is 5.59. The zero-order valence-corrected chi connectivity index (χ0v) is 6.04. The van der Waals surface area contributed by atoms with Crippen molar-refractivity contribution in [2.24, 2.45) is 5.73 Å². The fraction of sp³-hybridized carbons (Fsp3) is 0. The third-order valence-electron chi connectivity index (χ3n) is 1.21. The SMILES string of the molecule is NC(=O)Nc1cc(O)ccc1F. The smallest absolute Gasteiger partial charge is 0.316 e. The molecule has 0 saturated heterocycles. The second-order valence-corrected chi connectivity index (χ2v) is 2.15. The van der Waals surface area contributed by atoms with Crippen molar-refractivity contribution < 1.29 is 14.3 Å². The minimum absolute atomic E-state index is 0.137. The van der Waals surface area contributed by atoms with E-state index in [4.69, 9.17) is 10.8 Å². The fourth-order valence-corrected chi connectivity index (χ4v) is 0.742. The Morgan fingerprint density at radius 3 is 2.83 bits per heavy atom. The summed E-state index contributed by atoms with van der Waals surface area (Å²) in [4.78, 5) is 10.3. The van der Waals surface area contributed by atoms with Crippen molar-refractivity contribution in [1.29, 1.82) is 0 Å². The fourth-order valence-electron chi connectivity index (χ4n) is 0.742. The zero-order valence-electron chi connectivity index (χ0n) is 6.04. The Balaban J connectivity index is 2.97. The number of rotatable bonds is 1. The summed E-state index contributed by atoms with van der Waals surface area (Å²) in [5.41, 5.74) is 4.61. The molecule has 0 unspecified atom stereocenters. The van der Waals surface area contributed by atoms with Gasteiger partial charge in [0.1, 0.15) is 11.6 Å². The molecule has 0 aliphatic rings. The molecule has 0 radical (unpaired) electrons. The maximum Gasteiger partial charge on any atom is 0.316 e. The maximum absolute atomic E-state index is 12.7. The number of anilines is 1. The van der Waals surface area contributed by atoms with Crippen molar-refractivity contribution in [1.82, 2.24) is 0 Å². The van der Waals surface area contributed by atoms with E-state index in [1.807, 2.05) is 5.32 Å². The summed E-state index contributed by atoms with van der Waals surface area (Å²) in [7, 11) is 0. The number of nitrogens with two attached hydrogens (primary N) is 1. The molecular weight excluding hydrogens is 163 g/mol. The average molecular weight is 170 g/mol. The van der Waals surface area contributed by atoms with Crippen LogP contribution in [0.5, 0.6) is 5.75 Å². The Hall–Kier alpha value is -1.78. The van der Waals surface area contributed by atoms with Gasteiger partial charge in [-0.1, -0.05) is 0 Å². The first kappa shape index (κ1) is 8.32. The summed E-state index contributed by atoms with van der Waals surface area (Å²) in [5, 5.41) is 10.9. The zero-order chi connectivity index (χ0) is 9.14. The van der Waals surface area contributed by atoms with Gasteiger partial charge in [0.25, 0.3) is 0 Å². The van der Waals surface area contributed by atoms with Crippen molar-refractivity contribution in [3.05, 3.63) is 24.0 Å². The van der Waals surface area contributed by atoms with Gasteiger partial charge < -0.3 is 16.2 Å². The molecule has 1 rings (SSSR count). The van der Waals surface area contributed by atoms with E-state index in [1.165, 1.54) is 6.07 Å². The summed E-state index contributed by atoms with van der Waals surface area (Å²) >= 11 is 0. The van der Waals surface area contributed by atoms with Crippen molar-refractivity contribution in [2.75, 3.05) is 5.32 Å². The van der Waals surface area contributed by atoms with Crippen molar-refractivity contribution in [3.8, 4) is 5.75 Å². The number of nitrogens with one attached hydrogen (secondary N) is 1. The van der Waals surface area contributed by atoms with Crippen molar-refractivity contribution in [2.45, 2.75) is 0 Å². The highest BCUT2D eigenvalue weighted by Crippen LogP contribution is 2.19. The Bertz CT molecular complexity index is 314. The molecule has 2 amide bonds. The molecule has 4 N–H and O–H groups in total. The van der Waals surface area contributed by atoms with E-state index < -0.39 is 11.8 Å². The Morgan fingerprint density at radius 1 is 1.58 bits per heavy atom. The lowest BCUT2D eigenvalue weighted by atomic mass is 10.3. The largest absolute Gasteiger partial charge is 0.508 e. The molecule has 0 atom stereocenters. The molecule has 0 spiro atoms. The van der Waals surface area contributed by atoms with Crippen LogP contribution in [0, 0.1) is 5.82 Å². The quantitative estimate of drug-likeness (QED) is 0.588. The second kappa shape index (κ2) is 3.08. The number of hydrogen-bond donors (Lipinski definition) is 3. The van der Waals surface area contributed by atoms with E-state index in [1.54, 1.807) is 0 Å².